The molecule has 0 aliphatic rings. The Kier molecular flexibility index (Phi) is 5.72. The SMILES string of the molecule is CCCOc1ccc(/C=C/C(=O)Nc2nc(C)c(C)s2)cc1. The van der Waals surface area contributed by atoms with Crippen LogP contribution in [-0.2, 0) is 4.79 Å². The molecule has 116 valence electrons. The molecule has 0 radical (unpaired) electrons. The van der Waals surface area contributed by atoms with Crippen LogP contribution >= 0.6 is 11.3 Å². The molecule has 1 amide bonds. The minimum atomic E-state index is -0.181. The molecule has 5 heteroatoms. The van der Waals surface area contributed by atoms with E-state index < -0.39 is 0 Å². The molecule has 0 unspecified atom stereocenters. The van der Waals surface area contributed by atoms with Crippen LogP contribution in [0.2, 0.25) is 0 Å². The number of amides is 1. The molecule has 1 heterocycles. The first-order valence-corrected chi connectivity index (χ1v) is 8.06. The van der Waals surface area contributed by atoms with Crippen molar-refractivity contribution in [3.05, 3.63) is 46.5 Å². The number of anilines is 1. The molecule has 2 aromatic rings. The van der Waals surface area contributed by atoms with Gasteiger partial charge < -0.3 is 4.74 Å². The number of rotatable bonds is 6. The number of carbonyl (C=O) groups excluding carboxylic acids is 1. The minimum Gasteiger partial charge on any atom is -0.494 e. The summed E-state index contributed by atoms with van der Waals surface area (Å²) in [6.45, 7) is 6.70. The van der Waals surface area contributed by atoms with Crippen molar-refractivity contribution in [1.29, 1.82) is 0 Å². The van der Waals surface area contributed by atoms with E-state index in [9.17, 15) is 4.79 Å². The van der Waals surface area contributed by atoms with Gasteiger partial charge in [-0.2, -0.15) is 0 Å². The predicted molar refractivity (Wildman–Crippen MR) is 91.5 cm³/mol. The molecule has 0 aliphatic heterocycles. The van der Waals surface area contributed by atoms with Crippen molar-refractivity contribution < 1.29 is 9.53 Å². The van der Waals surface area contributed by atoms with Crippen molar-refractivity contribution in [1.82, 2.24) is 4.98 Å². The summed E-state index contributed by atoms with van der Waals surface area (Å²) in [5.74, 6) is 0.664. The van der Waals surface area contributed by atoms with E-state index >= 15 is 0 Å². The van der Waals surface area contributed by atoms with Crippen LogP contribution in [0.1, 0.15) is 29.5 Å². The summed E-state index contributed by atoms with van der Waals surface area (Å²) in [4.78, 5) is 17.3. The van der Waals surface area contributed by atoms with Crippen molar-refractivity contribution >= 4 is 28.5 Å². The zero-order chi connectivity index (χ0) is 15.9. The van der Waals surface area contributed by atoms with Crippen LogP contribution in [0.5, 0.6) is 5.75 Å². The number of hydrogen-bond donors (Lipinski definition) is 1. The monoisotopic (exact) mass is 316 g/mol. The predicted octanol–water partition coefficient (Wildman–Crippen LogP) is 4.20. The van der Waals surface area contributed by atoms with Gasteiger partial charge in [0, 0.05) is 11.0 Å². The lowest BCUT2D eigenvalue weighted by Gasteiger charge is -2.03. The van der Waals surface area contributed by atoms with Crippen LogP contribution in [0.25, 0.3) is 6.08 Å². The maximum atomic E-state index is 11.9. The molecule has 0 bridgehead atoms. The Bertz CT molecular complexity index is 640. The average Bonchev–Trinajstić information content (AvgIpc) is 2.82. The number of aromatic nitrogens is 1. The smallest absolute Gasteiger partial charge is 0.250 e. The fraction of sp³-hybridized carbons (Fsp3) is 0.294. The largest absolute Gasteiger partial charge is 0.494 e. The van der Waals surface area contributed by atoms with Crippen molar-refractivity contribution in [3.63, 3.8) is 0 Å². The third kappa shape index (κ3) is 4.70. The summed E-state index contributed by atoms with van der Waals surface area (Å²) in [6.07, 6.45) is 4.26. The number of nitrogens with one attached hydrogen (secondary N) is 1. The number of hydrogen-bond acceptors (Lipinski definition) is 4. The molecule has 0 saturated heterocycles. The topological polar surface area (TPSA) is 51.2 Å². The molecule has 0 saturated carbocycles. The summed E-state index contributed by atoms with van der Waals surface area (Å²) in [5, 5.41) is 3.40. The molecule has 0 fully saturated rings. The van der Waals surface area contributed by atoms with E-state index in [-0.39, 0.29) is 5.91 Å². The van der Waals surface area contributed by atoms with Gasteiger partial charge in [0.05, 0.1) is 12.3 Å². The maximum Gasteiger partial charge on any atom is 0.250 e. The van der Waals surface area contributed by atoms with Gasteiger partial charge in [0.1, 0.15) is 5.75 Å². The molecule has 4 nitrogen and oxygen atoms in total. The maximum absolute atomic E-state index is 11.9. The molecule has 1 N–H and O–H groups in total. The van der Waals surface area contributed by atoms with E-state index in [0.29, 0.717) is 11.7 Å². The summed E-state index contributed by atoms with van der Waals surface area (Å²) in [6, 6.07) is 7.65. The van der Waals surface area contributed by atoms with Gasteiger partial charge in [-0.15, -0.1) is 11.3 Å². The van der Waals surface area contributed by atoms with E-state index in [4.69, 9.17) is 4.74 Å². The van der Waals surface area contributed by atoms with E-state index in [0.717, 1.165) is 28.3 Å². The first-order chi connectivity index (χ1) is 10.6. The second-order valence-corrected chi connectivity index (χ2v) is 6.10. The van der Waals surface area contributed by atoms with Crippen LogP contribution in [-0.4, -0.2) is 17.5 Å². The fourth-order valence-electron chi connectivity index (χ4n) is 1.74. The molecular weight excluding hydrogens is 296 g/mol. The fourth-order valence-corrected chi connectivity index (χ4v) is 2.56. The third-order valence-electron chi connectivity index (χ3n) is 3.04. The van der Waals surface area contributed by atoms with Gasteiger partial charge in [0.25, 0.3) is 0 Å². The van der Waals surface area contributed by atoms with E-state index in [1.54, 1.807) is 6.08 Å². The lowest BCUT2D eigenvalue weighted by Crippen LogP contribution is -2.07. The van der Waals surface area contributed by atoms with Gasteiger partial charge >= 0.3 is 0 Å². The normalized spacial score (nSPS) is 10.9. The average molecular weight is 316 g/mol. The Morgan fingerprint density at radius 3 is 2.64 bits per heavy atom. The first kappa shape index (κ1) is 16.2. The van der Waals surface area contributed by atoms with Gasteiger partial charge in [0.2, 0.25) is 5.91 Å². The third-order valence-corrected chi connectivity index (χ3v) is 4.03. The zero-order valence-corrected chi connectivity index (χ0v) is 13.9. The standard InChI is InChI=1S/C17H20N2O2S/c1-4-11-21-15-8-5-14(6-9-15)7-10-16(20)19-17-18-12(2)13(3)22-17/h5-10H,4,11H2,1-3H3,(H,18,19,20)/b10-7+. The second kappa shape index (κ2) is 7.75. The van der Waals surface area contributed by atoms with Crippen LogP contribution in [0.4, 0.5) is 5.13 Å². The Hall–Kier alpha value is -2.14. The number of aryl methyl sites for hydroxylation is 2. The highest BCUT2D eigenvalue weighted by Gasteiger charge is 2.05. The van der Waals surface area contributed by atoms with Gasteiger partial charge in [-0.1, -0.05) is 19.1 Å². The van der Waals surface area contributed by atoms with Gasteiger partial charge in [0.15, 0.2) is 5.13 Å². The molecule has 0 aliphatic carbocycles. The molecular formula is C17H20N2O2S. The van der Waals surface area contributed by atoms with E-state index in [1.165, 1.54) is 17.4 Å². The highest BCUT2D eigenvalue weighted by Crippen LogP contribution is 2.21. The summed E-state index contributed by atoms with van der Waals surface area (Å²) in [7, 11) is 0. The van der Waals surface area contributed by atoms with Gasteiger partial charge in [-0.25, -0.2) is 4.98 Å². The number of thiazole rings is 1. The Morgan fingerprint density at radius 2 is 2.05 bits per heavy atom. The number of nitrogens with zero attached hydrogens (tertiary/aromatic N) is 1. The summed E-state index contributed by atoms with van der Waals surface area (Å²) >= 11 is 1.48. The highest BCUT2D eigenvalue weighted by atomic mass is 32.1. The van der Waals surface area contributed by atoms with Crippen LogP contribution < -0.4 is 10.1 Å². The van der Waals surface area contributed by atoms with Crippen LogP contribution in [0.15, 0.2) is 30.3 Å². The number of benzene rings is 1. The van der Waals surface area contributed by atoms with E-state index in [1.807, 2.05) is 38.1 Å². The van der Waals surface area contributed by atoms with E-state index in [2.05, 4.69) is 17.2 Å². The summed E-state index contributed by atoms with van der Waals surface area (Å²) < 4.78 is 5.52. The molecule has 22 heavy (non-hydrogen) atoms. The highest BCUT2D eigenvalue weighted by molar-refractivity contribution is 7.15. The minimum absolute atomic E-state index is 0.181. The number of carbonyl (C=O) groups is 1. The van der Waals surface area contributed by atoms with Gasteiger partial charge in [-0.3, -0.25) is 10.1 Å². The molecule has 1 aromatic heterocycles. The first-order valence-electron chi connectivity index (χ1n) is 7.24. The molecule has 0 atom stereocenters. The Morgan fingerprint density at radius 1 is 1.32 bits per heavy atom. The lowest BCUT2D eigenvalue weighted by molar-refractivity contribution is -0.111. The Labute approximate surface area is 134 Å². The van der Waals surface area contributed by atoms with Gasteiger partial charge in [-0.05, 0) is 44.0 Å². The van der Waals surface area contributed by atoms with Crippen molar-refractivity contribution in [2.75, 3.05) is 11.9 Å². The molecule has 2 rings (SSSR count). The van der Waals surface area contributed by atoms with Crippen molar-refractivity contribution in [2.45, 2.75) is 27.2 Å². The number of ether oxygens (including phenoxy) is 1. The van der Waals surface area contributed by atoms with Crippen molar-refractivity contribution in [2.24, 2.45) is 0 Å². The summed E-state index contributed by atoms with van der Waals surface area (Å²) in [5.41, 5.74) is 1.90. The second-order valence-electron chi connectivity index (χ2n) is 4.90. The lowest BCUT2D eigenvalue weighted by atomic mass is 10.2. The molecule has 0 spiro atoms. The van der Waals surface area contributed by atoms with Crippen LogP contribution in [0, 0.1) is 13.8 Å². The quantitative estimate of drug-likeness (QED) is 0.813. The molecule has 1 aromatic carbocycles. The van der Waals surface area contributed by atoms with Crippen LogP contribution in [0.3, 0.4) is 0 Å². The Balaban J connectivity index is 1.91. The zero-order valence-electron chi connectivity index (χ0n) is 13.1. The van der Waals surface area contributed by atoms with Crippen molar-refractivity contribution in [3.8, 4) is 5.75 Å².